The van der Waals surface area contributed by atoms with Gasteiger partial charge in [-0.05, 0) is 0 Å². The van der Waals surface area contributed by atoms with Crippen molar-refractivity contribution in [3.05, 3.63) is 0 Å². The molecule has 0 aromatic rings. The summed E-state index contributed by atoms with van der Waals surface area (Å²) >= 11 is 0. The highest BCUT2D eigenvalue weighted by atomic mass is 16.6. The largest absolute Gasteiger partial charge is 0.475 e. The molecule has 122 valence electrons. The Balaban J connectivity index is 4.72. The first kappa shape index (κ1) is 19.4. The van der Waals surface area contributed by atoms with Crippen LogP contribution in [0, 0.1) is 0 Å². The molecule has 10 heteroatoms. The van der Waals surface area contributed by atoms with Crippen LogP contribution in [-0.4, -0.2) is 85.5 Å². The summed E-state index contributed by atoms with van der Waals surface area (Å²) in [5.41, 5.74) is 0. The number of esters is 1. The number of carbonyl (C=O) groups is 3. The Morgan fingerprint density at radius 3 is 1.90 bits per heavy atom. The van der Waals surface area contributed by atoms with Gasteiger partial charge in [0.2, 0.25) is 5.78 Å². The van der Waals surface area contributed by atoms with Crippen molar-refractivity contribution in [2.24, 2.45) is 0 Å². The molecule has 0 fully saturated rings. The maximum atomic E-state index is 10.9. The van der Waals surface area contributed by atoms with Crippen LogP contribution in [0.2, 0.25) is 0 Å². The van der Waals surface area contributed by atoms with Crippen LogP contribution in [0.1, 0.15) is 13.3 Å². The van der Waals surface area contributed by atoms with E-state index in [1.54, 1.807) is 0 Å². The van der Waals surface area contributed by atoms with Crippen molar-refractivity contribution in [1.82, 2.24) is 0 Å². The summed E-state index contributed by atoms with van der Waals surface area (Å²) in [5.74, 6) is -4.09. The van der Waals surface area contributed by atoms with Crippen molar-refractivity contribution in [1.29, 1.82) is 0 Å². The number of ether oxygens (including phenoxy) is 1. The zero-order valence-electron chi connectivity index (χ0n) is 11.1. The molecule has 0 aliphatic rings. The normalized spacial score (nSPS) is 18.2. The number of carboxylic acids is 1. The van der Waals surface area contributed by atoms with Crippen LogP contribution in [0.4, 0.5) is 0 Å². The van der Waals surface area contributed by atoms with E-state index >= 15 is 0 Å². The minimum absolute atomic E-state index is 0.864. The fourth-order valence-corrected chi connectivity index (χ4v) is 1.48. The van der Waals surface area contributed by atoms with Crippen molar-refractivity contribution in [3.63, 3.8) is 0 Å². The molecule has 0 heterocycles. The SMILES string of the molecule is CC(=O)OC(CO)C(O)C(O)C(O)C(O)CC(=O)C(=O)O. The number of ketones is 1. The molecule has 6 N–H and O–H groups in total. The van der Waals surface area contributed by atoms with Gasteiger partial charge in [0.15, 0.2) is 6.10 Å². The van der Waals surface area contributed by atoms with Gasteiger partial charge in [0.1, 0.15) is 18.3 Å². The Morgan fingerprint density at radius 2 is 1.52 bits per heavy atom. The van der Waals surface area contributed by atoms with Gasteiger partial charge >= 0.3 is 11.9 Å². The summed E-state index contributed by atoms with van der Waals surface area (Å²) in [7, 11) is 0. The number of rotatable bonds is 9. The lowest BCUT2D eigenvalue weighted by molar-refractivity contribution is -0.173. The molecule has 0 aliphatic carbocycles. The standard InChI is InChI=1S/C11H18O10/c1-4(13)21-7(3-12)9(17)10(18)8(16)5(14)2-6(15)11(19)20/h5,7-10,12,14,16-18H,2-3H2,1H3,(H,19,20). The van der Waals surface area contributed by atoms with Crippen LogP contribution in [0.5, 0.6) is 0 Å². The number of carbonyl (C=O) groups excluding carboxylic acids is 2. The van der Waals surface area contributed by atoms with E-state index in [1.165, 1.54) is 0 Å². The highest BCUT2D eigenvalue weighted by Crippen LogP contribution is 2.13. The number of carboxylic acid groups (broad SMARTS) is 1. The summed E-state index contributed by atoms with van der Waals surface area (Å²) in [4.78, 5) is 31.9. The van der Waals surface area contributed by atoms with Crippen LogP contribution < -0.4 is 0 Å². The van der Waals surface area contributed by atoms with Gasteiger partial charge in [0.25, 0.3) is 0 Å². The van der Waals surface area contributed by atoms with Gasteiger partial charge in [-0.25, -0.2) is 4.79 Å². The predicted octanol–water partition coefficient (Wildman–Crippen LogP) is -3.60. The summed E-state index contributed by atoms with van der Waals surface area (Å²) < 4.78 is 4.48. The summed E-state index contributed by atoms with van der Waals surface area (Å²) in [6.07, 6.45) is -10.6. The summed E-state index contributed by atoms with van der Waals surface area (Å²) in [6, 6.07) is 0. The second-order valence-electron chi connectivity index (χ2n) is 4.30. The van der Waals surface area contributed by atoms with E-state index in [0.29, 0.717) is 0 Å². The van der Waals surface area contributed by atoms with E-state index in [2.05, 4.69) is 4.74 Å². The van der Waals surface area contributed by atoms with Crippen molar-refractivity contribution in [2.75, 3.05) is 6.61 Å². The molecule has 21 heavy (non-hydrogen) atoms. The third-order valence-electron chi connectivity index (χ3n) is 2.61. The summed E-state index contributed by atoms with van der Waals surface area (Å²) in [5, 5.41) is 55.4. The lowest BCUT2D eigenvalue weighted by Crippen LogP contribution is -2.51. The first-order valence-corrected chi connectivity index (χ1v) is 5.88. The Hall–Kier alpha value is -1.59. The van der Waals surface area contributed by atoms with E-state index < -0.39 is 61.3 Å². The lowest BCUT2D eigenvalue weighted by Gasteiger charge is -2.29. The fraction of sp³-hybridized carbons (Fsp3) is 0.727. The second-order valence-corrected chi connectivity index (χ2v) is 4.30. The monoisotopic (exact) mass is 310 g/mol. The average Bonchev–Trinajstić information content (AvgIpc) is 2.41. The van der Waals surface area contributed by atoms with E-state index in [4.69, 9.17) is 10.2 Å². The predicted molar refractivity (Wildman–Crippen MR) is 63.9 cm³/mol. The molecule has 0 rings (SSSR count). The lowest BCUT2D eigenvalue weighted by atomic mass is 9.96. The third-order valence-corrected chi connectivity index (χ3v) is 2.61. The highest BCUT2D eigenvalue weighted by Gasteiger charge is 2.37. The van der Waals surface area contributed by atoms with Crippen LogP contribution in [0.25, 0.3) is 0 Å². The molecule has 0 saturated heterocycles. The number of Topliss-reactive ketones (excluding diaryl/α,β-unsaturated/α-hetero) is 1. The van der Waals surface area contributed by atoms with Crippen LogP contribution in [0.3, 0.4) is 0 Å². The summed E-state index contributed by atoms with van der Waals surface area (Å²) in [6.45, 7) is 0.118. The number of hydrogen-bond donors (Lipinski definition) is 6. The molecular weight excluding hydrogens is 292 g/mol. The Kier molecular flexibility index (Phi) is 7.99. The van der Waals surface area contributed by atoms with Crippen LogP contribution >= 0.6 is 0 Å². The molecule has 0 aromatic heterocycles. The smallest absolute Gasteiger partial charge is 0.372 e. The number of aliphatic carboxylic acids is 1. The zero-order chi connectivity index (χ0) is 16.7. The van der Waals surface area contributed by atoms with Crippen molar-refractivity contribution >= 4 is 17.7 Å². The molecule has 0 bridgehead atoms. The van der Waals surface area contributed by atoms with Gasteiger partial charge in [-0.2, -0.15) is 0 Å². The topological polar surface area (TPSA) is 182 Å². The number of hydrogen-bond acceptors (Lipinski definition) is 9. The molecule has 0 spiro atoms. The first-order chi connectivity index (χ1) is 9.61. The van der Waals surface area contributed by atoms with Crippen LogP contribution in [0.15, 0.2) is 0 Å². The number of aliphatic hydroxyl groups excluding tert-OH is 5. The molecule has 0 aromatic carbocycles. The molecule has 0 saturated carbocycles. The minimum Gasteiger partial charge on any atom is -0.475 e. The van der Waals surface area contributed by atoms with E-state index in [1.807, 2.05) is 0 Å². The second kappa shape index (κ2) is 8.64. The van der Waals surface area contributed by atoms with Gasteiger partial charge < -0.3 is 35.4 Å². The van der Waals surface area contributed by atoms with Gasteiger partial charge in [0, 0.05) is 13.3 Å². The quantitative estimate of drug-likeness (QED) is 0.184. The minimum atomic E-state index is -2.09. The maximum absolute atomic E-state index is 10.9. The molecular formula is C11H18O10. The first-order valence-electron chi connectivity index (χ1n) is 5.88. The Morgan fingerprint density at radius 1 is 1.00 bits per heavy atom. The maximum Gasteiger partial charge on any atom is 0.372 e. The van der Waals surface area contributed by atoms with Crippen LogP contribution in [-0.2, 0) is 19.1 Å². The third kappa shape index (κ3) is 6.14. The van der Waals surface area contributed by atoms with E-state index in [9.17, 15) is 34.8 Å². The highest BCUT2D eigenvalue weighted by molar-refractivity contribution is 6.32. The fourth-order valence-electron chi connectivity index (χ4n) is 1.48. The van der Waals surface area contributed by atoms with Crippen molar-refractivity contribution < 1.29 is 49.8 Å². The molecule has 0 radical (unpaired) electrons. The average molecular weight is 310 g/mol. The van der Waals surface area contributed by atoms with E-state index in [0.717, 1.165) is 6.92 Å². The molecule has 10 nitrogen and oxygen atoms in total. The Bertz CT molecular complexity index is 381. The molecule has 5 atom stereocenters. The van der Waals surface area contributed by atoms with Crippen molar-refractivity contribution in [2.45, 2.75) is 43.9 Å². The molecule has 0 amide bonds. The zero-order valence-corrected chi connectivity index (χ0v) is 11.1. The molecule has 0 aliphatic heterocycles. The Labute approximate surface area is 119 Å². The van der Waals surface area contributed by atoms with Crippen molar-refractivity contribution in [3.8, 4) is 0 Å². The molecule has 5 unspecified atom stereocenters. The van der Waals surface area contributed by atoms with Gasteiger partial charge in [-0.1, -0.05) is 0 Å². The van der Waals surface area contributed by atoms with E-state index in [-0.39, 0.29) is 0 Å². The van der Waals surface area contributed by atoms with Gasteiger partial charge in [-0.3, -0.25) is 9.59 Å². The van der Waals surface area contributed by atoms with Gasteiger partial charge in [0.05, 0.1) is 12.7 Å². The number of aliphatic hydroxyl groups is 5. The van der Waals surface area contributed by atoms with Gasteiger partial charge in [-0.15, -0.1) is 0 Å².